The van der Waals surface area contributed by atoms with E-state index in [9.17, 15) is 0 Å². The number of pyridine rings is 1. The van der Waals surface area contributed by atoms with Crippen LogP contribution >= 0.6 is 0 Å². The van der Waals surface area contributed by atoms with E-state index in [0.29, 0.717) is 17.6 Å². The third-order valence-corrected chi connectivity index (χ3v) is 26.1. The van der Waals surface area contributed by atoms with Gasteiger partial charge in [0.05, 0.1) is 34.5 Å². The molecule has 2 aliphatic heterocycles. The summed E-state index contributed by atoms with van der Waals surface area (Å²) >= 11 is 0. The second kappa shape index (κ2) is 16.4. The number of fused-ring (bicyclic) bond motifs is 10. The Bertz CT molecular complexity index is 4360. The number of nitrogens with zero attached hydrogens (tertiary/aromatic N) is 6. The Hall–Kier alpha value is -9.61. The van der Waals surface area contributed by atoms with Crippen LogP contribution in [0.3, 0.4) is 0 Å². The van der Waals surface area contributed by atoms with Gasteiger partial charge in [0.25, 0.3) is 0 Å². The van der Waals surface area contributed by atoms with Crippen molar-refractivity contribution in [3.05, 3.63) is 273 Å². The molecular weight excluding hydrogens is 957 g/mol. The summed E-state index contributed by atoms with van der Waals surface area (Å²) < 4.78 is 7.00. The quantitative estimate of drug-likeness (QED) is 0.118. The molecule has 2 atom stereocenters. The zero-order chi connectivity index (χ0) is 50.0. The van der Waals surface area contributed by atoms with Crippen molar-refractivity contribution in [2.24, 2.45) is 0 Å². The lowest BCUT2D eigenvalue weighted by Crippen LogP contribution is -2.76. The molecule has 6 nitrogen and oxygen atoms in total. The van der Waals surface area contributed by atoms with Crippen LogP contribution in [0.2, 0.25) is 0 Å². The fraction of sp³-hybridized carbons (Fsp3) is 0. The zero-order valence-electron chi connectivity index (χ0n) is 41.2. The van der Waals surface area contributed by atoms with E-state index in [-0.39, 0.29) is 0 Å². The number of benzene rings is 10. The highest BCUT2D eigenvalue weighted by molar-refractivity contribution is 7.22. The van der Waals surface area contributed by atoms with E-state index in [0.717, 1.165) is 11.1 Å². The van der Waals surface area contributed by atoms with Crippen LogP contribution in [-0.2, 0) is 0 Å². The van der Waals surface area contributed by atoms with Crippen LogP contribution in [0.25, 0.3) is 83.7 Å². The minimum atomic E-state index is -2.91. The standard InChI is InChI=1S/C68H45N6Si2/c1-4-20-48(21-5-1)75(60-32-14-12-30-58(60)73-56-28-10-8-24-52(56)54-26-18-34-62(75)64(54)73)50-40-36-46(37-41-50)66-69-67(71-68(70-66)72-44-16-3-17-45-72)47-38-42-51(43-39-47)76(49-22-6-2-7-23-49)61-33-15-13-31-59(61)74-57-29-11-9-25-53(57)55-27-19-35-63(76)65(55)74/h1-45H/q+1. The van der Waals surface area contributed by atoms with Gasteiger partial charge in [0.1, 0.15) is 0 Å². The van der Waals surface area contributed by atoms with E-state index in [1.54, 1.807) is 0 Å². The van der Waals surface area contributed by atoms with Crippen LogP contribution in [0.5, 0.6) is 0 Å². The van der Waals surface area contributed by atoms with Crippen LogP contribution in [-0.4, -0.2) is 40.2 Å². The summed E-state index contributed by atoms with van der Waals surface area (Å²) in [5.41, 5.74) is 9.39. The Kier molecular flexibility index (Phi) is 9.28. The Labute approximate surface area is 440 Å². The maximum Gasteiger partial charge on any atom is 0.441 e. The highest BCUT2D eigenvalue weighted by Crippen LogP contribution is 2.37. The van der Waals surface area contributed by atoms with Gasteiger partial charge in [0.15, 0.2) is 16.1 Å². The maximum absolute atomic E-state index is 5.36. The summed E-state index contributed by atoms with van der Waals surface area (Å²) in [6, 6.07) is 96.6. The molecule has 16 rings (SSSR count). The summed E-state index contributed by atoms with van der Waals surface area (Å²) in [6.45, 7) is 0. The molecule has 14 aromatic rings. The van der Waals surface area contributed by atoms with Gasteiger partial charge in [-0.3, -0.25) is 0 Å². The van der Waals surface area contributed by atoms with Crippen molar-refractivity contribution in [2.75, 3.05) is 0 Å². The fourth-order valence-electron chi connectivity index (χ4n) is 13.4. The van der Waals surface area contributed by atoms with Crippen LogP contribution in [0.15, 0.2) is 273 Å². The lowest BCUT2D eigenvalue weighted by Gasteiger charge is -2.39. The van der Waals surface area contributed by atoms with Crippen LogP contribution < -0.4 is 46.1 Å². The first-order valence-electron chi connectivity index (χ1n) is 26.0. The molecule has 6 heterocycles. The monoisotopic (exact) mass is 1000 g/mol. The second-order valence-corrected chi connectivity index (χ2v) is 27.6. The molecule has 8 heteroatoms. The highest BCUT2D eigenvalue weighted by atomic mass is 28.3. The molecule has 2 aliphatic rings. The average molecular weight is 1000 g/mol. The molecule has 0 N–H and O–H groups in total. The van der Waals surface area contributed by atoms with Gasteiger partial charge < -0.3 is 9.13 Å². The van der Waals surface area contributed by atoms with Crippen LogP contribution in [0.4, 0.5) is 0 Å². The van der Waals surface area contributed by atoms with Gasteiger partial charge in [-0.1, -0.05) is 200 Å². The first kappa shape index (κ1) is 42.9. The van der Waals surface area contributed by atoms with E-state index in [4.69, 9.17) is 15.0 Å². The topological polar surface area (TPSA) is 52.4 Å². The minimum Gasteiger partial charge on any atom is -0.309 e. The predicted molar refractivity (Wildman–Crippen MR) is 315 cm³/mol. The van der Waals surface area contributed by atoms with Crippen molar-refractivity contribution >= 4 is 101 Å². The first-order chi connectivity index (χ1) is 37.7. The molecule has 76 heavy (non-hydrogen) atoms. The Balaban J connectivity index is 0.868. The summed E-state index contributed by atoms with van der Waals surface area (Å²) in [7, 11) is -5.83. The normalized spacial score (nSPS) is 16.3. The molecule has 0 spiro atoms. The Morgan fingerprint density at radius 2 is 0.658 bits per heavy atom. The summed E-state index contributed by atoms with van der Waals surface area (Å²) in [5.74, 6) is 1.79. The third-order valence-electron chi connectivity index (χ3n) is 16.4. The van der Waals surface area contributed by atoms with Crippen molar-refractivity contribution in [1.82, 2.24) is 24.1 Å². The molecule has 0 radical (unpaired) electrons. The van der Waals surface area contributed by atoms with Crippen molar-refractivity contribution in [1.29, 1.82) is 0 Å². The third kappa shape index (κ3) is 5.85. The van der Waals surface area contributed by atoms with Gasteiger partial charge in [-0.25, -0.2) is 4.57 Å². The first-order valence-corrected chi connectivity index (χ1v) is 30.0. The van der Waals surface area contributed by atoms with Crippen molar-refractivity contribution in [2.45, 2.75) is 0 Å². The van der Waals surface area contributed by atoms with E-state index >= 15 is 0 Å². The SMILES string of the molecule is c1ccc([Si]2(c3ccc(-c4nc(-c5ccc([Si]6(c7ccccc7)c7ccccc7-n7c8ccccc8c8cccc6c87)cc5)nc(-[n+]5ccccc5)n4)cc3)c3ccccc3-n3c4ccccc4c4cccc2c43)cc1. The van der Waals surface area contributed by atoms with E-state index in [2.05, 4.69) is 252 Å². The molecule has 2 unspecified atom stereocenters. The maximum atomic E-state index is 5.36. The summed E-state index contributed by atoms with van der Waals surface area (Å²) in [4.78, 5) is 15.8. The van der Waals surface area contributed by atoms with Gasteiger partial charge in [-0.2, -0.15) is 4.98 Å². The lowest BCUT2D eigenvalue weighted by atomic mass is 10.1. The number of hydrogen-bond acceptors (Lipinski definition) is 3. The molecule has 0 fully saturated rings. The summed E-state index contributed by atoms with van der Waals surface area (Å²) in [5, 5.41) is 15.9. The zero-order valence-corrected chi connectivity index (χ0v) is 43.2. The molecule has 4 aromatic heterocycles. The smallest absolute Gasteiger partial charge is 0.309 e. The van der Waals surface area contributed by atoms with Crippen molar-refractivity contribution in [3.63, 3.8) is 0 Å². The molecular formula is C68H45N6Si2+. The van der Waals surface area contributed by atoms with Crippen molar-refractivity contribution < 1.29 is 4.57 Å². The summed E-state index contributed by atoms with van der Waals surface area (Å²) in [6.07, 6.45) is 4.00. The number of hydrogen-bond donors (Lipinski definition) is 0. The van der Waals surface area contributed by atoms with Crippen LogP contribution in [0, 0.1) is 0 Å². The molecule has 0 saturated heterocycles. The largest absolute Gasteiger partial charge is 0.441 e. The van der Waals surface area contributed by atoms with Gasteiger partial charge in [-0.15, -0.1) is 0 Å². The van der Waals surface area contributed by atoms with Gasteiger partial charge in [0.2, 0.25) is 11.6 Å². The number of aromatic nitrogens is 6. The van der Waals surface area contributed by atoms with Crippen LogP contribution in [0.1, 0.15) is 0 Å². The van der Waals surface area contributed by atoms with Gasteiger partial charge in [0, 0.05) is 44.0 Å². The Morgan fingerprint density at radius 1 is 0.289 bits per heavy atom. The Morgan fingerprint density at radius 3 is 1.13 bits per heavy atom. The molecule has 354 valence electrons. The fourth-order valence-corrected chi connectivity index (χ4v) is 23.6. The van der Waals surface area contributed by atoms with Gasteiger partial charge >= 0.3 is 5.95 Å². The highest BCUT2D eigenvalue weighted by Gasteiger charge is 2.49. The minimum absolute atomic E-state index is 0.556. The second-order valence-electron chi connectivity index (χ2n) is 20.1. The molecule has 0 saturated carbocycles. The van der Waals surface area contributed by atoms with E-state index in [1.165, 1.54) is 96.5 Å². The number of rotatable bonds is 7. The van der Waals surface area contributed by atoms with Gasteiger partial charge in [-0.05, 0) is 112 Å². The number of para-hydroxylation sites is 6. The lowest BCUT2D eigenvalue weighted by molar-refractivity contribution is -0.603. The molecule has 0 amide bonds. The predicted octanol–water partition coefficient (Wildman–Crippen LogP) is 9.06. The molecule has 10 aromatic carbocycles. The van der Waals surface area contributed by atoms with E-state index in [1.807, 2.05) is 35.2 Å². The van der Waals surface area contributed by atoms with Crippen molar-refractivity contribution in [3.8, 4) is 40.1 Å². The molecule has 0 bridgehead atoms. The molecule has 0 aliphatic carbocycles. The van der Waals surface area contributed by atoms with E-state index < -0.39 is 16.1 Å². The average Bonchev–Trinajstić information content (AvgIpc) is 4.04.